The van der Waals surface area contributed by atoms with Crippen molar-refractivity contribution in [2.24, 2.45) is 0 Å². The second kappa shape index (κ2) is 6.15. The molecule has 6 nitrogen and oxygen atoms in total. The van der Waals surface area contributed by atoms with E-state index >= 15 is 0 Å². The molecule has 0 aliphatic rings. The third-order valence-corrected chi connectivity index (χ3v) is 4.11. The predicted molar refractivity (Wildman–Crippen MR) is 78.7 cm³/mol. The van der Waals surface area contributed by atoms with E-state index in [1.165, 1.54) is 23.7 Å². The van der Waals surface area contributed by atoms with E-state index in [0.717, 1.165) is 8.66 Å². The van der Waals surface area contributed by atoms with Gasteiger partial charge in [-0.3, -0.25) is 4.98 Å². The Bertz CT molecular complexity index is 757. The summed E-state index contributed by atoms with van der Waals surface area (Å²) in [5.74, 6) is 0.189. The lowest BCUT2D eigenvalue weighted by atomic mass is 10.3. The second-order valence-electron chi connectivity index (χ2n) is 3.92. The standard InChI is InChI=1S/C13H8BrN3O3S/c14-10-2-1-9(21-10)12-17-16-11(20-12)7-19-13(18)8-3-5-15-6-4-8/h1-6H,7H2. The number of hydrogen-bond acceptors (Lipinski definition) is 7. The molecular formula is C13H8BrN3O3S. The summed E-state index contributed by atoms with van der Waals surface area (Å²) in [7, 11) is 0. The molecule has 0 spiro atoms. The van der Waals surface area contributed by atoms with Gasteiger partial charge in [-0.2, -0.15) is 0 Å². The average Bonchev–Trinajstić information content (AvgIpc) is 3.14. The molecule has 3 heterocycles. The van der Waals surface area contributed by atoms with E-state index in [4.69, 9.17) is 9.15 Å². The molecular weight excluding hydrogens is 358 g/mol. The van der Waals surface area contributed by atoms with Gasteiger partial charge < -0.3 is 9.15 Å². The summed E-state index contributed by atoms with van der Waals surface area (Å²) >= 11 is 4.85. The highest BCUT2D eigenvalue weighted by Gasteiger charge is 2.13. The minimum atomic E-state index is -0.462. The molecule has 3 aromatic heterocycles. The lowest BCUT2D eigenvalue weighted by molar-refractivity contribution is 0.0438. The summed E-state index contributed by atoms with van der Waals surface area (Å²) in [6.07, 6.45) is 3.05. The Morgan fingerprint density at radius 1 is 1.24 bits per heavy atom. The van der Waals surface area contributed by atoms with Gasteiger partial charge in [0.25, 0.3) is 11.8 Å². The number of thiophene rings is 1. The SMILES string of the molecule is O=C(OCc1nnc(-c2ccc(Br)s2)o1)c1ccncc1. The molecule has 3 aromatic rings. The van der Waals surface area contributed by atoms with Gasteiger partial charge in [-0.15, -0.1) is 21.5 Å². The molecule has 8 heteroatoms. The van der Waals surface area contributed by atoms with Crippen LogP contribution in [0, 0.1) is 0 Å². The molecule has 0 aliphatic carbocycles. The van der Waals surface area contributed by atoms with Crippen LogP contribution in [0.3, 0.4) is 0 Å². The van der Waals surface area contributed by atoms with E-state index in [-0.39, 0.29) is 12.5 Å². The molecule has 3 rings (SSSR count). The third kappa shape index (κ3) is 3.34. The number of rotatable bonds is 4. The van der Waals surface area contributed by atoms with Crippen molar-refractivity contribution in [1.29, 1.82) is 0 Å². The number of ether oxygens (including phenoxy) is 1. The summed E-state index contributed by atoms with van der Waals surface area (Å²) in [4.78, 5) is 16.4. The molecule has 0 aliphatic heterocycles. The van der Waals surface area contributed by atoms with Gasteiger partial charge in [-0.1, -0.05) is 0 Å². The molecule has 0 fully saturated rings. The summed E-state index contributed by atoms with van der Waals surface area (Å²) in [5.41, 5.74) is 0.423. The topological polar surface area (TPSA) is 78.1 Å². The van der Waals surface area contributed by atoms with E-state index in [1.807, 2.05) is 12.1 Å². The largest absolute Gasteiger partial charge is 0.452 e. The minimum Gasteiger partial charge on any atom is -0.452 e. The van der Waals surface area contributed by atoms with Crippen LogP contribution in [0.5, 0.6) is 0 Å². The normalized spacial score (nSPS) is 10.5. The van der Waals surface area contributed by atoms with Crippen LogP contribution in [-0.2, 0) is 11.3 Å². The van der Waals surface area contributed by atoms with E-state index in [2.05, 4.69) is 31.1 Å². The van der Waals surface area contributed by atoms with Crippen LogP contribution in [0.4, 0.5) is 0 Å². The zero-order chi connectivity index (χ0) is 14.7. The fourth-order valence-electron chi connectivity index (χ4n) is 1.54. The van der Waals surface area contributed by atoms with Crippen LogP contribution in [-0.4, -0.2) is 21.2 Å². The Kier molecular flexibility index (Phi) is 4.07. The van der Waals surface area contributed by atoms with Gasteiger partial charge in [-0.25, -0.2) is 4.79 Å². The van der Waals surface area contributed by atoms with Crippen molar-refractivity contribution >= 4 is 33.2 Å². The van der Waals surface area contributed by atoms with Crippen molar-refractivity contribution in [2.75, 3.05) is 0 Å². The first-order valence-electron chi connectivity index (χ1n) is 5.87. The lowest BCUT2D eigenvalue weighted by Gasteiger charge is -2.00. The van der Waals surface area contributed by atoms with Gasteiger partial charge in [-0.05, 0) is 40.2 Å². The van der Waals surface area contributed by atoms with Crippen LogP contribution >= 0.6 is 27.3 Å². The molecule has 0 atom stereocenters. The van der Waals surface area contributed by atoms with Crippen molar-refractivity contribution in [3.8, 4) is 10.8 Å². The van der Waals surface area contributed by atoms with Crippen LogP contribution in [0.25, 0.3) is 10.8 Å². The maximum absolute atomic E-state index is 11.8. The minimum absolute atomic E-state index is 0.0687. The quantitative estimate of drug-likeness (QED) is 0.660. The van der Waals surface area contributed by atoms with E-state index in [9.17, 15) is 4.79 Å². The van der Waals surface area contributed by atoms with Gasteiger partial charge in [0.1, 0.15) is 0 Å². The van der Waals surface area contributed by atoms with Crippen LogP contribution in [0.15, 0.2) is 44.9 Å². The molecule has 106 valence electrons. The van der Waals surface area contributed by atoms with Crippen molar-refractivity contribution in [1.82, 2.24) is 15.2 Å². The van der Waals surface area contributed by atoms with Gasteiger partial charge in [0.15, 0.2) is 6.61 Å². The fraction of sp³-hybridized carbons (Fsp3) is 0.0769. The Morgan fingerprint density at radius 3 is 2.76 bits per heavy atom. The highest BCUT2D eigenvalue weighted by molar-refractivity contribution is 9.11. The number of carbonyl (C=O) groups is 1. The van der Waals surface area contributed by atoms with Crippen molar-refractivity contribution < 1.29 is 13.9 Å². The van der Waals surface area contributed by atoms with Gasteiger partial charge in [0.05, 0.1) is 14.2 Å². The number of halogens is 1. The van der Waals surface area contributed by atoms with Crippen LogP contribution in [0.1, 0.15) is 16.2 Å². The van der Waals surface area contributed by atoms with Crippen molar-refractivity contribution in [2.45, 2.75) is 6.61 Å². The molecule has 0 radical (unpaired) electrons. The summed E-state index contributed by atoms with van der Waals surface area (Å²) in [6.45, 7) is -0.0687. The fourth-order valence-corrected chi connectivity index (χ4v) is 2.85. The summed E-state index contributed by atoms with van der Waals surface area (Å²) < 4.78 is 11.5. The monoisotopic (exact) mass is 365 g/mol. The maximum atomic E-state index is 11.8. The third-order valence-electron chi connectivity index (χ3n) is 2.49. The number of aromatic nitrogens is 3. The highest BCUT2D eigenvalue weighted by atomic mass is 79.9. The van der Waals surface area contributed by atoms with E-state index in [0.29, 0.717) is 11.5 Å². The van der Waals surface area contributed by atoms with Crippen LogP contribution < -0.4 is 0 Å². The molecule has 0 saturated heterocycles. The van der Waals surface area contributed by atoms with Gasteiger partial charge >= 0.3 is 5.97 Å². The first kappa shape index (κ1) is 13.9. The summed E-state index contributed by atoms with van der Waals surface area (Å²) in [5, 5.41) is 7.77. The van der Waals surface area contributed by atoms with E-state index in [1.54, 1.807) is 12.1 Å². The van der Waals surface area contributed by atoms with Gasteiger partial charge in [0.2, 0.25) is 0 Å². The molecule has 0 unspecified atom stereocenters. The average molecular weight is 366 g/mol. The Hall–Kier alpha value is -2.06. The lowest BCUT2D eigenvalue weighted by Crippen LogP contribution is -2.05. The van der Waals surface area contributed by atoms with E-state index < -0.39 is 5.97 Å². The molecule has 0 amide bonds. The number of nitrogens with zero attached hydrogens (tertiary/aromatic N) is 3. The molecule has 21 heavy (non-hydrogen) atoms. The zero-order valence-electron chi connectivity index (χ0n) is 10.5. The predicted octanol–water partition coefficient (Wildman–Crippen LogP) is 3.31. The van der Waals surface area contributed by atoms with Gasteiger partial charge in [0, 0.05) is 12.4 Å². The Balaban J connectivity index is 1.64. The number of hydrogen-bond donors (Lipinski definition) is 0. The number of carbonyl (C=O) groups excluding carboxylic acids is 1. The highest BCUT2D eigenvalue weighted by Crippen LogP contribution is 2.30. The molecule has 0 N–H and O–H groups in total. The number of pyridine rings is 1. The first-order valence-corrected chi connectivity index (χ1v) is 7.48. The zero-order valence-corrected chi connectivity index (χ0v) is 12.9. The number of esters is 1. The smallest absolute Gasteiger partial charge is 0.338 e. The molecule has 0 aromatic carbocycles. The van der Waals surface area contributed by atoms with Crippen molar-refractivity contribution in [3.05, 3.63) is 51.9 Å². The maximum Gasteiger partial charge on any atom is 0.338 e. The first-order chi connectivity index (χ1) is 10.2. The molecule has 0 bridgehead atoms. The Labute approximate surface area is 131 Å². The summed E-state index contributed by atoms with van der Waals surface area (Å²) in [6, 6.07) is 6.91. The van der Waals surface area contributed by atoms with Crippen LogP contribution in [0.2, 0.25) is 0 Å². The Morgan fingerprint density at radius 2 is 2.05 bits per heavy atom. The van der Waals surface area contributed by atoms with Crippen molar-refractivity contribution in [3.63, 3.8) is 0 Å². The molecule has 0 saturated carbocycles. The second-order valence-corrected chi connectivity index (χ2v) is 6.38.